The van der Waals surface area contributed by atoms with E-state index in [1.807, 2.05) is 24.3 Å². The van der Waals surface area contributed by atoms with Gasteiger partial charge in [0.2, 0.25) is 5.91 Å². The summed E-state index contributed by atoms with van der Waals surface area (Å²) in [5.74, 6) is -1.45. The number of nitrogens with one attached hydrogen (secondary N) is 1. The van der Waals surface area contributed by atoms with Crippen LogP contribution in [0.4, 0.5) is 17.1 Å². The first kappa shape index (κ1) is 24.9. The number of amides is 1. The van der Waals surface area contributed by atoms with Gasteiger partial charge in [-0.15, -0.1) is 0 Å². The zero-order chi connectivity index (χ0) is 26.5. The SMILES string of the molecule is CCN(CC)c1ccc(N2C(N)=C(C(=O)OC)C3(C(=O)Nc4ccc(Cl)cc43)C3=C2CCCC3=O)cc1. The summed E-state index contributed by atoms with van der Waals surface area (Å²) < 4.78 is 5.16. The number of Topliss-reactive ketones (excluding diaryl/α,β-unsaturated/α-hetero) is 1. The number of esters is 1. The number of ether oxygens (including phenoxy) is 1. The summed E-state index contributed by atoms with van der Waals surface area (Å²) in [5.41, 5.74) is 8.45. The molecule has 1 atom stereocenters. The molecule has 2 aromatic rings. The number of fused-ring (bicyclic) bond motifs is 3. The first-order chi connectivity index (χ1) is 17.8. The molecule has 0 saturated carbocycles. The zero-order valence-corrected chi connectivity index (χ0v) is 21.8. The normalized spacial score (nSPS) is 20.7. The smallest absolute Gasteiger partial charge is 0.339 e. The lowest BCUT2D eigenvalue weighted by molar-refractivity contribution is -0.138. The van der Waals surface area contributed by atoms with Crippen LogP contribution in [0.2, 0.25) is 5.02 Å². The second-order valence-corrected chi connectivity index (χ2v) is 9.70. The van der Waals surface area contributed by atoms with Gasteiger partial charge in [0.15, 0.2) is 5.78 Å². The van der Waals surface area contributed by atoms with Crippen molar-refractivity contribution in [1.29, 1.82) is 0 Å². The Labute approximate surface area is 220 Å². The van der Waals surface area contributed by atoms with Crippen LogP contribution in [-0.2, 0) is 24.5 Å². The Balaban J connectivity index is 1.81. The van der Waals surface area contributed by atoms with Crippen molar-refractivity contribution in [3.05, 3.63) is 75.7 Å². The molecule has 2 aliphatic heterocycles. The van der Waals surface area contributed by atoms with Crippen LogP contribution in [0.1, 0.15) is 38.7 Å². The third-order valence-electron chi connectivity index (χ3n) is 7.50. The predicted octanol–water partition coefficient (Wildman–Crippen LogP) is 4.25. The number of nitrogens with zero attached hydrogens (tertiary/aromatic N) is 2. The molecule has 1 amide bonds. The van der Waals surface area contributed by atoms with Crippen LogP contribution in [0.15, 0.2) is 65.1 Å². The van der Waals surface area contributed by atoms with Crippen molar-refractivity contribution in [3.63, 3.8) is 0 Å². The molecule has 0 aromatic heterocycles. The fourth-order valence-corrected chi connectivity index (χ4v) is 6.05. The molecular formula is C28H29ClN4O4. The summed E-state index contributed by atoms with van der Waals surface area (Å²) in [6, 6.07) is 12.7. The second-order valence-electron chi connectivity index (χ2n) is 9.27. The Morgan fingerprint density at radius 2 is 1.84 bits per heavy atom. The molecule has 1 unspecified atom stereocenters. The van der Waals surface area contributed by atoms with Crippen LogP contribution >= 0.6 is 11.6 Å². The van der Waals surface area contributed by atoms with Gasteiger partial charge in [0, 0.05) is 58.4 Å². The third kappa shape index (κ3) is 3.54. The van der Waals surface area contributed by atoms with E-state index in [9.17, 15) is 14.4 Å². The van der Waals surface area contributed by atoms with Crippen LogP contribution in [-0.4, -0.2) is 37.9 Å². The van der Waals surface area contributed by atoms with Crippen LogP contribution in [0.5, 0.6) is 0 Å². The van der Waals surface area contributed by atoms with E-state index in [1.54, 1.807) is 23.1 Å². The summed E-state index contributed by atoms with van der Waals surface area (Å²) in [6.07, 6.45) is 1.37. The molecule has 9 heteroatoms. The molecule has 0 radical (unpaired) electrons. The van der Waals surface area contributed by atoms with Gasteiger partial charge in [-0.2, -0.15) is 0 Å². The van der Waals surface area contributed by atoms with Crippen LogP contribution in [0.25, 0.3) is 0 Å². The highest BCUT2D eigenvalue weighted by atomic mass is 35.5. The van der Waals surface area contributed by atoms with Crippen molar-refractivity contribution >= 4 is 46.3 Å². The maximum absolute atomic E-state index is 13.9. The minimum atomic E-state index is -1.75. The molecule has 1 spiro atoms. The van der Waals surface area contributed by atoms with E-state index in [2.05, 4.69) is 24.1 Å². The summed E-state index contributed by atoms with van der Waals surface area (Å²) in [5, 5.41) is 3.22. The molecule has 1 aliphatic carbocycles. The van der Waals surface area contributed by atoms with Gasteiger partial charge in [0.05, 0.1) is 7.11 Å². The van der Waals surface area contributed by atoms with Gasteiger partial charge in [0.1, 0.15) is 16.8 Å². The number of carbonyl (C=O) groups excluding carboxylic acids is 3. The Morgan fingerprint density at radius 3 is 2.49 bits per heavy atom. The number of benzene rings is 2. The van der Waals surface area contributed by atoms with Gasteiger partial charge in [-0.25, -0.2) is 4.79 Å². The number of halogens is 1. The number of ketones is 1. The maximum Gasteiger partial charge on any atom is 0.339 e. The van der Waals surface area contributed by atoms with Gasteiger partial charge in [-0.05, 0) is 69.2 Å². The van der Waals surface area contributed by atoms with Gasteiger partial charge in [-0.3, -0.25) is 14.5 Å². The molecule has 0 fully saturated rings. The lowest BCUT2D eigenvalue weighted by Gasteiger charge is -2.44. The van der Waals surface area contributed by atoms with Crippen molar-refractivity contribution < 1.29 is 19.1 Å². The number of rotatable bonds is 5. The first-order valence-electron chi connectivity index (χ1n) is 12.4. The number of methoxy groups -OCH3 is 1. The van der Waals surface area contributed by atoms with E-state index >= 15 is 0 Å². The van der Waals surface area contributed by atoms with Crippen molar-refractivity contribution in [3.8, 4) is 0 Å². The number of anilines is 3. The Bertz CT molecular complexity index is 1380. The van der Waals surface area contributed by atoms with E-state index in [0.29, 0.717) is 40.5 Å². The topological polar surface area (TPSA) is 105 Å². The first-order valence-corrected chi connectivity index (χ1v) is 12.8. The van der Waals surface area contributed by atoms with Crippen LogP contribution in [0.3, 0.4) is 0 Å². The molecular weight excluding hydrogens is 492 g/mol. The number of allylic oxidation sites excluding steroid dienone is 1. The van der Waals surface area contributed by atoms with E-state index in [1.165, 1.54) is 7.11 Å². The van der Waals surface area contributed by atoms with E-state index in [0.717, 1.165) is 18.8 Å². The number of hydrogen-bond acceptors (Lipinski definition) is 7. The third-order valence-corrected chi connectivity index (χ3v) is 7.74. The highest BCUT2D eigenvalue weighted by Crippen LogP contribution is 2.56. The number of hydrogen-bond donors (Lipinski definition) is 2. The number of carbonyl (C=O) groups is 3. The molecule has 2 heterocycles. The van der Waals surface area contributed by atoms with Crippen molar-refractivity contribution in [2.75, 3.05) is 35.3 Å². The standard InChI is InChI=1S/C28H29ClN4O4/c1-4-32(5-2)17-10-12-18(13-11-17)33-21-7-6-8-22(34)23(21)28(24(25(33)30)26(35)37-3)19-15-16(29)9-14-20(19)31-27(28)36/h9-15H,4-8,30H2,1-3H3,(H,31,36). The molecule has 0 bridgehead atoms. The van der Waals surface area contributed by atoms with E-state index < -0.39 is 17.3 Å². The Hall–Kier alpha value is -3.78. The fourth-order valence-electron chi connectivity index (χ4n) is 5.88. The largest absolute Gasteiger partial charge is 0.466 e. The minimum Gasteiger partial charge on any atom is -0.466 e. The van der Waals surface area contributed by atoms with Gasteiger partial charge >= 0.3 is 5.97 Å². The average Bonchev–Trinajstić information content (AvgIpc) is 3.16. The Kier molecular flexibility index (Phi) is 6.23. The summed E-state index contributed by atoms with van der Waals surface area (Å²) in [4.78, 5) is 44.9. The van der Waals surface area contributed by atoms with Crippen molar-refractivity contribution in [1.82, 2.24) is 0 Å². The zero-order valence-electron chi connectivity index (χ0n) is 21.1. The summed E-state index contributed by atoms with van der Waals surface area (Å²) >= 11 is 6.35. The quantitative estimate of drug-likeness (QED) is 0.568. The molecule has 0 saturated heterocycles. The lowest BCUT2D eigenvalue weighted by Crippen LogP contribution is -2.53. The molecule has 37 heavy (non-hydrogen) atoms. The summed E-state index contributed by atoms with van der Waals surface area (Å²) in [7, 11) is 1.23. The van der Waals surface area contributed by atoms with Gasteiger partial charge < -0.3 is 20.7 Å². The molecule has 5 rings (SSSR count). The van der Waals surface area contributed by atoms with Crippen molar-refractivity contribution in [2.24, 2.45) is 5.73 Å². The molecule has 3 aliphatic rings. The average molecular weight is 521 g/mol. The van der Waals surface area contributed by atoms with Gasteiger partial charge in [-0.1, -0.05) is 11.6 Å². The van der Waals surface area contributed by atoms with E-state index in [-0.39, 0.29) is 29.2 Å². The maximum atomic E-state index is 13.9. The highest BCUT2D eigenvalue weighted by Gasteiger charge is 2.62. The fraction of sp³-hybridized carbons (Fsp3) is 0.321. The molecule has 2 aromatic carbocycles. The van der Waals surface area contributed by atoms with Crippen molar-refractivity contribution in [2.45, 2.75) is 38.5 Å². The van der Waals surface area contributed by atoms with E-state index in [4.69, 9.17) is 22.1 Å². The van der Waals surface area contributed by atoms with Crippen LogP contribution < -0.4 is 20.9 Å². The molecule has 3 N–H and O–H groups in total. The summed E-state index contributed by atoms with van der Waals surface area (Å²) in [6.45, 7) is 5.90. The molecule has 192 valence electrons. The lowest BCUT2D eigenvalue weighted by atomic mass is 9.63. The minimum absolute atomic E-state index is 0.0545. The second kappa shape index (κ2) is 9.27. The predicted molar refractivity (Wildman–Crippen MR) is 143 cm³/mol. The molecule has 8 nitrogen and oxygen atoms in total. The monoisotopic (exact) mass is 520 g/mol. The Morgan fingerprint density at radius 1 is 1.14 bits per heavy atom. The number of nitrogens with two attached hydrogens (primary N) is 1. The highest BCUT2D eigenvalue weighted by molar-refractivity contribution is 6.31. The van der Waals surface area contributed by atoms with Gasteiger partial charge in [0.25, 0.3) is 0 Å². The van der Waals surface area contributed by atoms with Crippen LogP contribution in [0, 0.1) is 0 Å².